The zero-order chi connectivity index (χ0) is 12.3. The maximum Gasteiger partial charge on any atom is 0.0607 e. The van der Waals surface area contributed by atoms with Crippen molar-refractivity contribution < 1.29 is 10.2 Å². The van der Waals surface area contributed by atoms with Gasteiger partial charge >= 0.3 is 0 Å². The first-order valence-corrected chi connectivity index (χ1v) is 6.32. The first-order chi connectivity index (χ1) is 8.26. The van der Waals surface area contributed by atoms with Gasteiger partial charge in [-0.2, -0.15) is 0 Å². The summed E-state index contributed by atoms with van der Waals surface area (Å²) in [5.74, 6) is 0.603. The van der Waals surface area contributed by atoms with E-state index in [4.69, 9.17) is 10.2 Å². The van der Waals surface area contributed by atoms with E-state index in [0.29, 0.717) is 5.92 Å². The maximum absolute atomic E-state index is 9.13. The highest BCUT2D eigenvalue weighted by Gasteiger charge is 2.25. The van der Waals surface area contributed by atoms with Crippen molar-refractivity contribution in [3.05, 3.63) is 35.4 Å². The molecule has 1 aliphatic rings. The zero-order valence-electron chi connectivity index (χ0n) is 10.3. The summed E-state index contributed by atoms with van der Waals surface area (Å²) < 4.78 is 0. The molecule has 0 heterocycles. The lowest BCUT2D eigenvalue weighted by molar-refractivity contribution is 0.158. The number of fused-ring (bicyclic) bond motifs is 1. The predicted octanol–water partition coefficient (Wildman–Crippen LogP) is 1.57. The number of rotatable bonds is 4. The minimum absolute atomic E-state index is 0.0231. The number of hydrogen-bond acceptors (Lipinski definition) is 3. The van der Waals surface area contributed by atoms with E-state index in [2.05, 4.69) is 36.5 Å². The molecule has 0 aromatic heterocycles. The monoisotopic (exact) mass is 235 g/mol. The standard InChI is InChI=1S/C14H21NO2/c1-10-6-7-14(15-11(8-16)9-17)13-5-3-2-4-12(10)13/h2-5,10-11,14-17H,6-9H2,1H3. The van der Waals surface area contributed by atoms with Gasteiger partial charge in [-0.3, -0.25) is 0 Å². The average Bonchev–Trinajstić information content (AvgIpc) is 2.38. The van der Waals surface area contributed by atoms with E-state index in [1.165, 1.54) is 11.1 Å². The summed E-state index contributed by atoms with van der Waals surface area (Å²) in [5, 5.41) is 21.6. The molecule has 0 bridgehead atoms. The Kier molecular flexibility index (Phi) is 4.15. The van der Waals surface area contributed by atoms with E-state index in [9.17, 15) is 0 Å². The number of aliphatic hydroxyl groups is 2. The molecule has 2 unspecified atom stereocenters. The molecule has 1 aromatic carbocycles. The summed E-state index contributed by atoms with van der Waals surface area (Å²) in [6.45, 7) is 2.21. The van der Waals surface area contributed by atoms with Crippen LogP contribution in [0.3, 0.4) is 0 Å². The molecule has 0 saturated carbocycles. The third-order valence-electron chi connectivity index (χ3n) is 3.67. The minimum Gasteiger partial charge on any atom is -0.395 e. The van der Waals surface area contributed by atoms with Crippen LogP contribution in [0.5, 0.6) is 0 Å². The smallest absolute Gasteiger partial charge is 0.0607 e. The minimum atomic E-state index is -0.221. The van der Waals surface area contributed by atoms with Crippen molar-refractivity contribution in [3.63, 3.8) is 0 Å². The van der Waals surface area contributed by atoms with Crippen molar-refractivity contribution in [2.75, 3.05) is 13.2 Å². The van der Waals surface area contributed by atoms with Gasteiger partial charge in [-0.15, -0.1) is 0 Å². The van der Waals surface area contributed by atoms with Crippen LogP contribution in [0.15, 0.2) is 24.3 Å². The van der Waals surface area contributed by atoms with Crippen molar-refractivity contribution in [2.45, 2.75) is 37.8 Å². The molecule has 0 radical (unpaired) electrons. The Morgan fingerprint density at radius 2 is 1.82 bits per heavy atom. The van der Waals surface area contributed by atoms with Crippen LogP contribution >= 0.6 is 0 Å². The second-order valence-corrected chi connectivity index (χ2v) is 4.89. The van der Waals surface area contributed by atoms with Gasteiger partial charge < -0.3 is 15.5 Å². The summed E-state index contributed by atoms with van der Waals surface area (Å²) in [6.07, 6.45) is 2.22. The van der Waals surface area contributed by atoms with Gasteiger partial charge in [0.2, 0.25) is 0 Å². The molecule has 3 N–H and O–H groups in total. The summed E-state index contributed by atoms with van der Waals surface area (Å²) in [7, 11) is 0. The molecule has 1 aromatic rings. The molecule has 1 aliphatic carbocycles. The van der Waals surface area contributed by atoms with Crippen molar-refractivity contribution in [1.29, 1.82) is 0 Å². The molecule has 2 atom stereocenters. The van der Waals surface area contributed by atoms with Gasteiger partial charge in [0, 0.05) is 6.04 Å². The van der Waals surface area contributed by atoms with Crippen LogP contribution in [0.2, 0.25) is 0 Å². The molecule has 0 amide bonds. The van der Waals surface area contributed by atoms with E-state index in [1.54, 1.807) is 0 Å². The van der Waals surface area contributed by atoms with E-state index in [1.807, 2.05) is 0 Å². The lowest BCUT2D eigenvalue weighted by atomic mass is 9.81. The van der Waals surface area contributed by atoms with Crippen LogP contribution in [0.25, 0.3) is 0 Å². The van der Waals surface area contributed by atoms with E-state index in [-0.39, 0.29) is 25.3 Å². The van der Waals surface area contributed by atoms with Crippen molar-refractivity contribution in [1.82, 2.24) is 5.32 Å². The molecule has 3 nitrogen and oxygen atoms in total. The normalized spacial score (nSPS) is 23.8. The fourth-order valence-electron chi connectivity index (χ4n) is 2.63. The zero-order valence-corrected chi connectivity index (χ0v) is 10.3. The van der Waals surface area contributed by atoms with E-state index < -0.39 is 0 Å². The molecule has 17 heavy (non-hydrogen) atoms. The molecule has 0 aliphatic heterocycles. The molecular weight excluding hydrogens is 214 g/mol. The molecule has 94 valence electrons. The van der Waals surface area contributed by atoms with E-state index >= 15 is 0 Å². The van der Waals surface area contributed by atoms with Gasteiger partial charge in [-0.1, -0.05) is 31.2 Å². The average molecular weight is 235 g/mol. The van der Waals surface area contributed by atoms with Crippen LogP contribution in [0, 0.1) is 0 Å². The molecule has 0 saturated heterocycles. The molecule has 3 heteroatoms. The Balaban J connectivity index is 2.18. The third kappa shape index (κ3) is 2.68. The third-order valence-corrected chi connectivity index (χ3v) is 3.67. The Morgan fingerprint density at radius 3 is 2.47 bits per heavy atom. The van der Waals surface area contributed by atoms with Gasteiger partial charge in [0.15, 0.2) is 0 Å². The number of hydrogen-bond donors (Lipinski definition) is 3. The highest BCUT2D eigenvalue weighted by atomic mass is 16.3. The Hall–Kier alpha value is -0.900. The summed E-state index contributed by atoms with van der Waals surface area (Å²) in [4.78, 5) is 0. The number of aliphatic hydroxyl groups excluding tert-OH is 2. The van der Waals surface area contributed by atoms with Crippen LogP contribution in [0.4, 0.5) is 0 Å². The highest BCUT2D eigenvalue weighted by molar-refractivity contribution is 5.35. The Morgan fingerprint density at radius 1 is 1.18 bits per heavy atom. The second-order valence-electron chi connectivity index (χ2n) is 4.89. The number of benzene rings is 1. The fraction of sp³-hybridized carbons (Fsp3) is 0.571. The summed E-state index contributed by atoms with van der Waals surface area (Å²) in [5.41, 5.74) is 2.71. The van der Waals surface area contributed by atoms with Crippen LogP contribution < -0.4 is 5.32 Å². The van der Waals surface area contributed by atoms with Gasteiger partial charge in [-0.25, -0.2) is 0 Å². The van der Waals surface area contributed by atoms with Crippen molar-refractivity contribution in [3.8, 4) is 0 Å². The second kappa shape index (κ2) is 5.63. The quantitative estimate of drug-likeness (QED) is 0.742. The molecule has 2 rings (SSSR count). The summed E-state index contributed by atoms with van der Waals surface area (Å²) >= 11 is 0. The molecule has 0 fully saturated rings. The fourth-order valence-corrected chi connectivity index (χ4v) is 2.63. The highest BCUT2D eigenvalue weighted by Crippen LogP contribution is 2.37. The number of nitrogens with one attached hydrogen (secondary N) is 1. The first-order valence-electron chi connectivity index (χ1n) is 6.32. The largest absolute Gasteiger partial charge is 0.395 e. The maximum atomic E-state index is 9.13. The van der Waals surface area contributed by atoms with Crippen LogP contribution in [-0.4, -0.2) is 29.5 Å². The van der Waals surface area contributed by atoms with Gasteiger partial charge in [0.25, 0.3) is 0 Å². The SMILES string of the molecule is CC1CCC(NC(CO)CO)c2ccccc21. The van der Waals surface area contributed by atoms with E-state index in [0.717, 1.165) is 12.8 Å². The Labute approximate surface area is 102 Å². The molecular formula is C14H21NO2. The van der Waals surface area contributed by atoms with Gasteiger partial charge in [0.1, 0.15) is 0 Å². The van der Waals surface area contributed by atoms with Crippen molar-refractivity contribution in [2.24, 2.45) is 0 Å². The lowest BCUT2D eigenvalue weighted by Gasteiger charge is -2.32. The predicted molar refractivity (Wildman–Crippen MR) is 67.9 cm³/mol. The Bertz CT molecular complexity index is 363. The van der Waals surface area contributed by atoms with Crippen LogP contribution in [-0.2, 0) is 0 Å². The van der Waals surface area contributed by atoms with Crippen molar-refractivity contribution >= 4 is 0 Å². The van der Waals surface area contributed by atoms with Gasteiger partial charge in [0.05, 0.1) is 19.3 Å². The lowest BCUT2D eigenvalue weighted by Crippen LogP contribution is -2.39. The first kappa shape index (κ1) is 12.6. The molecule has 0 spiro atoms. The summed E-state index contributed by atoms with van der Waals surface area (Å²) in [6, 6.07) is 8.49. The van der Waals surface area contributed by atoms with Crippen LogP contribution in [0.1, 0.15) is 42.9 Å². The van der Waals surface area contributed by atoms with Gasteiger partial charge in [-0.05, 0) is 29.9 Å². The topological polar surface area (TPSA) is 52.5 Å².